The second-order valence-electron chi connectivity index (χ2n) is 6.46. The van der Waals surface area contributed by atoms with Gasteiger partial charge in [0.05, 0.1) is 17.1 Å². The van der Waals surface area contributed by atoms with Crippen molar-refractivity contribution in [1.29, 1.82) is 0 Å². The van der Waals surface area contributed by atoms with Crippen molar-refractivity contribution < 1.29 is 19.1 Å². The van der Waals surface area contributed by atoms with E-state index in [1.165, 1.54) is 6.92 Å². The van der Waals surface area contributed by atoms with E-state index in [0.717, 1.165) is 5.69 Å². The van der Waals surface area contributed by atoms with E-state index in [1.54, 1.807) is 32.4 Å². The van der Waals surface area contributed by atoms with Gasteiger partial charge in [0, 0.05) is 6.04 Å². The van der Waals surface area contributed by atoms with Crippen molar-refractivity contribution in [2.45, 2.75) is 46.8 Å². The Morgan fingerprint density at radius 2 is 1.70 bits per heavy atom. The number of amides is 3. The Bertz CT molecular complexity index is 843. The minimum Gasteiger partial charge on any atom is -0.449 e. The molecule has 0 saturated heterocycles. The van der Waals surface area contributed by atoms with Gasteiger partial charge in [0.15, 0.2) is 6.10 Å². The second kappa shape index (κ2) is 8.48. The van der Waals surface area contributed by atoms with Crippen LogP contribution in [0.15, 0.2) is 30.3 Å². The van der Waals surface area contributed by atoms with E-state index < -0.39 is 24.0 Å². The summed E-state index contributed by atoms with van der Waals surface area (Å²) in [5.41, 5.74) is 2.21. The van der Waals surface area contributed by atoms with Crippen LogP contribution in [-0.4, -0.2) is 39.8 Å². The third-order valence-corrected chi connectivity index (χ3v) is 3.81. The SMILES string of the molecule is Cc1nn(-c2ccccc2)c(C)c1C(=O)O[C@@H](C)C(=O)NC(=O)NC(C)C. The highest BCUT2D eigenvalue weighted by atomic mass is 16.5. The molecule has 2 aromatic rings. The first kappa shape index (κ1) is 20.2. The molecule has 0 aliphatic carbocycles. The van der Waals surface area contributed by atoms with Crippen LogP contribution >= 0.6 is 0 Å². The molecule has 0 fully saturated rings. The number of para-hydroxylation sites is 1. The molecule has 1 aromatic carbocycles. The van der Waals surface area contributed by atoms with Gasteiger partial charge in [-0.1, -0.05) is 18.2 Å². The number of aromatic nitrogens is 2. The lowest BCUT2D eigenvalue weighted by Crippen LogP contribution is -2.46. The van der Waals surface area contributed by atoms with Crippen LogP contribution in [0.4, 0.5) is 4.79 Å². The topological polar surface area (TPSA) is 102 Å². The Kier molecular flexibility index (Phi) is 6.33. The van der Waals surface area contributed by atoms with Crippen LogP contribution in [0.3, 0.4) is 0 Å². The molecule has 0 bridgehead atoms. The molecule has 8 heteroatoms. The summed E-state index contributed by atoms with van der Waals surface area (Å²) in [6.45, 7) is 8.39. The molecule has 27 heavy (non-hydrogen) atoms. The van der Waals surface area contributed by atoms with Gasteiger partial charge in [-0.25, -0.2) is 14.3 Å². The molecule has 1 aromatic heterocycles. The number of hydrogen-bond donors (Lipinski definition) is 2. The molecule has 144 valence electrons. The first-order valence-electron chi connectivity index (χ1n) is 8.64. The fraction of sp³-hybridized carbons (Fsp3) is 0.368. The highest BCUT2D eigenvalue weighted by Crippen LogP contribution is 2.19. The summed E-state index contributed by atoms with van der Waals surface area (Å²) in [6.07, 6.45) is -1.13. The van der Waals surface area contributed by atoms with E-state index in [9.17, 15) is 14.4 Å². The predicted molar refractivity (Wildman–Crippen MR) is 99.7 cm³/mol. The normalized spacial score (nSPS) is 11.8. The highest BCUT2D eigenvalue weighted by Gasteiger charge is 2.25. The average molecular weight is 372 g/mol. The predicted octanol–water partition coefficient (Wildman–Crippen LogP) is 2.27. The molecule has 1 heterocycles. The molecular weight excluding hydrogens is 348 g/mol. The monoisotopic (exact) mass is 372 g/mol. The molecule has 1 atom stereocenters. The maximum atomic E-state index is 12.6. The van der Waals surface area contributed by atoms with E-state index in [-0.39, 0.29) is 6.04 Å². The fourth-order valence-electron chi connectivity index (χ4n) is 2.54. The number of rotatable bonds is 5. The zero-order valence-corrected chi connectivity index (χ0v) is 16.1. The molecule has 0 saturated carbocycles. The zero-order chi connectivity index (χ0) is 20.1. The Hall–Kier alpha value is -3.16. The van der Waals surface area contributed by atoms with Gasteiger partial charge in [0.1, 0.15) is 5.56 Å². The van der Waals surface area contributed by atoms with Crippen LogP contribution in [-0.2, 0) is 9.53 Å². The van der Waals surface area contributed by atoms with Crippen LogP contribution in [0, 0.1) is 13.8 Å². The van der Waals surface area contributed by atoms with Crippen LogP contribution in [0.1, 0.15) is 42.5 Å². The summed E-state index contributed by atoms with van der Waals surface area (Å²) in [7, 11) is 0. The van der Waals surface area contributed by atoms with Gasteiger partial charge in [0.25, 0.3) is 5.91 Å². The molecule has 8 nitrogen and oxygen atoms in total. The third kappa shape index (κ3) is 4.93. The van der Waals surface area contributed by atoms with Gasteiger partial charge in [-0.3, -0.25) is 10.1 Å². The van der Waals surface area contributed by atoms with Gasteiger partial charge >= 0.3 is 12.0 Å². The van der Waals surface area contributed by atoms with Crippen LogP contribution in [0.25, 0.3) is 5.69 Å². The number of carbonyl (C=O) groups is 3. The van der Waals surface area contributed by atoms with Crippen molar-refractivity contribution in [3.8, 4) is 5.69 Å². The standard InChI is InChI=1S/C19H24N4O4/c1-11(2)20-19(26)21-17(24)14(5)27-18(25)16-12(3)22-23(13(16)4)15-9-7-6-8-10-15/h6-11,14H,1-5H3,(H2,20,21,24,26)/t14-/m0/s1. The number of nitrogens with zero attached hydrogens (tertiary/aromatic N) is 2. The maximum Gasteiger partial charge on any atom is 0.342 e. The lowest BCUT2D eigenvalue weighted by molar-refractivity contribution is -0.127. The first-order chi connectivity index (χ1) is 12.7. The quantitative estimate of drug-likeness (QED) is 0.784. The van der Waals surface area contributed by atoms with Crippen molar-refractivity contribution >= 4 is 17.9 Å². The molecule has 0 spiro atoms. The summed E-state index contributed by atoms with van der Waals surface area (Å²) in [6, 6.07) is 8.62. The van der Waals surface area contributed by atoms with Gasteiger partial charge in [-0.15, -0.1) is 0 Å². The summed E-state index contributed by atoms with van der Waals surface area (Å²) >= 11 is 0. The summed E-state index contributed by atoms with van der Waals surface area (Å²) < 4.78 is 6.88. The van der Waals surface area contributed by atoms with E-state index >= 15 is 0 Å². The number of urea groups is 1. The number of nitrogens with one attached hydrogen (secondary N) is 2. The number of carbonyl (C=O) groups excluding carboxylic acids is 3. The maximum absolute atomic E-state index is 12.6. The minimum atomic E-state index is -1.13. The molecule has 2 N–H and O–H groups in total. The number of hydrogen-bond acceptors (Lipinski definition) is 5. The lowest BCUT2D eigenvalue weighted by atomic mass is 10.2. The van der Waals surface area contributed by atoms with E-state index in [2.05, 4.69) is 15.7 Å². The summed E-state index contributed by atoms with van der Waals surface area (Å²) in [4.78, 5) is 36.2. The van der Waals surface area contributed by atoms with Crippen molar-refractivity contribution in [3.05, 3.63) is 47.3 Å². The Balaban J connectivity index is 2.11. The van der Waals surface area contributed by atoms with Gasteiger partial charge in [0.2, 0.25) is 0 Å². The number of esters is 1. The largest absolute Gasteiger partial charge is 0.449 e. The minimum absolute atomic E-state index is 0.121. The average Bonchev–Trinajstić information content (AvgIpc) is 2.89. The first-order valence-corrected chi connectivity index (χ1v) is 8.64. The van der Waals surface area contributed by atoms with Crippen molar-refractivity contribution in [1.82, 2.24) is 20.4 Å². The molecular formula is C19H24N4O4. The number of benzene rings is 1. The van der Waals surface area contributed by atoms with Gasteiger partial charge in [-0.05, 0) is 46.8 Å². The lowest BCUT2D eigenvalue weighted by Gasteiger charge is -2.14. The summed E-state index contributed by atoms with van der Waals surface area (Å²) in [5.74, 6) is -1.37. The Morgan fingerprint density at radius 1 is 1.07 bits per heavy atom. The van der Waals surface area contributed by atoms with Gasteiger partial charge in [-0.2, -0.15) is 5.10 Å². The van der Waals surface area contributed by atoms with Crippen LogP contribution in [0.5, 0.6) is 0 Å². The van der Waals surface area contributed by atoms with Crippen LogP contribution < -0.4 is 10.6 Å². The molecule has 0 aliphatic rings. The number of aryl methyl sites for hydroxylation is 1. The Morgan fingerprint density at radius 3 is 2.30 bits per heavy atom. The second-order valence-corrected chi connectivity index (χ2v) is 6.46. The molecule has 0 radical (unpaired) electrons. The number of imide groups is 1. The van der Waals surface area contributed by atoms with E-state index in [0.29, 0.717) is 17.0 Å². The summed E-state index contributed by atoms with van der Waals surface area (Å²) in [5, 5.41) is 9.06. The fourth-order valence-corrected chi connectivity index (χ4v) is 2.54. The molecule has 3 amide bonds. The van der Waals surface area contributed by atoms with Crippen LogP contribution in [0.2, 0.25) is 0 Å². The van der Waals surface area contributed by atoms with E-state index in [4.69, 9.17) is 4.74 Å². The zero-order valence-electron chi connectivity index (χ0n) is 16.1. The van der Waals surface area contributed by atoms with E-state index in [1.807, 2.05) is 30.3 Å². The highest BCUT2D eigenvalue weighted by molar-refractivity contribution is 5.99. The molecule has 2 rings (SSSR count). The Labute approximate surface area is 157 Å². The number of ether oxygens (including phenoxy) is 1. The smallest absolute Gasteiger partial charge is 0.342 e. The third-order valence-electron chi connectivity index (χ3n) is 3.81. The molecule has 0 aliphatic heterocycles. The molecule has 0 unspecified atom stereocenters. The van der Waals surface area contributed by atoms with Crippen molar-refractivity contribution in [3.63, 3.8) is 0 Å². The van der Waals surface area contributed by atoms with Crippen molar-refractivity contribution in [2.75, 3.05) is 0 Å². The van der Waals surface area contributed by atoms with Gasteiger partial charge < -0.3 is 10.1 Å². The van der Waals surface area contributed by atoms with Crippen molar-refractivity contribution in [2.24, 2.45) is 0 Å².